The highest BCUT2D eigenvalue weighted by Crippen LogP contribution is 1.88. The molecule has 1 amide bonds. The molecule has 0 bridgehead atoms. The third-order valence-electron chi connectivity index (χ3n) is 2.25. The van der Waals surface area contributed by atoms with Crippen molar-refractivity contribution in [3.63, 3.8) is 0 Å². The van der Waals surface area contributed by atoms with Gasteiger partial charge in [-0.2, -0.15) is 0 Å². The second-order valence-electron chi connectivity index (χ2n) is 3.55. The highest BCUT2D eigenvalue weighted by atomic mass is 16.1. The molecule has 0 spiro atoms. The smallest absolute Gasteiger partial charge is 0.219 e. The molecule has 0 aromatic carbocycles. The van der Waals surface area contributed by atoms with Gasteiger partial charge < -0.3 is 10.6 Å². The van der Waals surface area contributed by atoms with Crippen molar-refractivity contribution in [3.8, 4) is 0 Å². The fraction of sp³-hybridized carbons (Fsp3) is 0.700. The van der Waals surface area contributed by atoms with E-state index in [4.69, 9.17) is 0 Å². The van der Waals surface area contributed by atoms with Gasteiger partial charge in [-0.05, 0) is 25.9 Å². The van der Waals surface area contributed by atoms with Crippen molar-refractivity contribution in [1.29, 1.82) is 0 Å². The summed E-state index contributed by atoms with van der Waals surface area (Å²) in [5, 5.41) is 13.5. The summed E-state index contributed by atoms with van der Waals surface area (Å²) in [6.07, 6.45) is 6.02. The molecular weight excluding hydrogens is 206 g/mol. The van der Waals surface area contributed by atoms with Gasteiger partial charge in [-0.3, -0.25) is 9.48 Å². The molecular formula is C10H19N5O. The maximum atomic E-state index is 10.9. The van der Waals surface area contributed by atoms with Crippen LogP contribution < -0.4 is 10.6 Å². The Morgan fingerprint density at radius 2 is 2.19 bits per heavy atom. The number of nitrogens with one attached hydrogen (secondary N) is 2. The Bertz CT molecular complexity index is 285. The van der Waals surface area contributed by atoms with E-state index in [1.807, 2.05) is 10.9 Å². The summed E-state index contributed by atoms with van der Waals surface area (Å²) in [6, 6.07) is 0. The van der Waals surface area contributed by atoms with Gasteiger partial charge in [0.2, 0.25) is 5.91 Å². The van der Waals surface area contributed by atoms with Gasteiger partial charge in [0.25, 0.3) is 0 Å². The van der Waals surface area contributed by atoms with Crippen LogP contribution in [0.15, 0.2) is 12.4 Å². The van der Waals surface area contributed by atoms with Gasteiger partial charge in [0.1, 0.15) is 0 Å². The van der Waals surface area contributed by atoms with Crippen LogP contribution in [0.3, 0.4) is 0 Å². The average Bonchev–Trinajstić information content (AvgIpc) is 2.80. The molecule has 1 rings (SSSR count). The summed E-state index contributed by atoms with van der Waals surface area (Å²) < 4.78 is 1.81. The second kappa shape index (κ2) is 7.81. The molecule has 1 aromatic heterocycles. The molecule has 0 atom stereocenters. The molecule has 0 fully saturated rings. The van der Waals surface area contributed by atoms with Gasteiger partial charge in [-0.25, -0.2) is 0 Å². The van der Waals surface area contributed by atoms with E-state index in [1.165, 1.54) is 0 Å². The molecule has 6 heteroatoms. The van der Waals surface area contributed by atoms with Crippen molar-refractivity contribution >= 4 is 5.91 Å². The largest absolute Gasteiger partial charge is 0.359 e. The minimum Gasteiger partial charge on any atom is -0.359 e. The molecule has 0 unspecified atom stereocenters. The third-order valence-corrected chi connectivity index (χ3v) is 2.25. The number of amides is 1. The minimum atomic E-state index is 0.101. The minimum absolute atomic E-state index is 0.101. The van der Waals surface area contributed by atoms with E-state index in [0.29, 0.717) is 6.42 Å². The molecule has 90 valence electrons. The standard InChI is InChI=1S/C10H19N5O/c1-11-10(16)4-2-5-12-6-3-8-15-9-7-13-14-15/h7,9,12H,2-6,8H2,1H3,(H,11,16). The van der Waals surface area contributed by atoms with Gasteiger partial charge in [0.15, 0.2) is 0 Å². The molecule has 6 nitrogen and oxygen atoms in total. The molecule has 1 aromatic rings. The fourth-order valence-corrected chi connectivity index (χ4v) is 1.34. The average molecular weight is 225 g/mol. The van der Waals surface area contributed by atoms with Crippen LogP contribution in [0, 0.1) is 0 Å². The number of rotatable bonds is 8. The molecule has 0 aliphatic rings. The van der Waals surface area contributed by atoms with Crippen molar-refractivity contribution in [2.45, 2.75) is 25.8 Å². The van der Waals surface area contributed by atoms with Crippen LogP contribution in [0.25, 0.3) is 0 Å². The van der Waals surface area contributed by atoms with Gasteiger partial charge in [-0.1, -0.05) is 5.21 Å². The summed E-state index contributed by atoms with van der Waals surface area (Å²) in [5.74, 6) is 0.101. The Kier molecular flexibility index (Phi) is 6.17. The Morgan fingerprint density at radius 3 is 2.88 bits per heavy atom. The van der Waals surface area contributed by atoms with Crippen molar-refractivity contribution in [1.82, 2.24) is 25.6 Å². The fourth-order valence-electron chi connectivity index (χ4n) is 1.34. The number of aryl methyl sites for hydroxylation is 1. The van der Waals surface area contributed by atoms with Gasteiger partial charge in [0, 0.05) is 26.2 Å². The molecule has 0 aliphatic heterocycles. The van der Waals surface area contributed by atoms with Gasteiger partial charge in [0.05, 0.1) is 6.20 Å². The number of aromatic nitrogens is 3. The van der Waals surface area contributed by atoms with Crippen molar-refractivity contribution in [2.24, 2.45) is 0 Å². The Balaban J connectivity index is 1.87. The molecule has 0 saturated heterocycles. The highest BCUT2D eigenvalue weighted by molar-refractivity contribution is 5.75. The maximum Gasteiger partial charge on any atom is 0.219 e. The van der Waals surface area contributed by atoms with Crippen molar-refractivity contribution < 1.29 is 4.79 Å². The van der Waals surface area contributed by atoms with E-state index in [0.717, 1.165) is 32.5 Å². The lowest BCUT2D eigenvalue weighted by atomic mass is 10.3. The Morgan fingerprint density at radius 1 is 1.38 bits per heavy atom. The number of carbonyl (C=O) groups is 1. The van der Waals surface area contributed by atoms with Crippen molar-refractivity contribution in [3.05, 3.63) is 12.4 Å². The normalized spacial score (nSPS) is 10.3. The van der Waals surface area contributed by atoms with E-state index < -0.39 is 0 Å². The monoisotopic (exact) mass is 225 g/mol. The van der Waals surface area contributed by atoms with Crippen LogP contribution in [-0.2, 0) is 11.3 Å². The first-order valence-electron chi connectivity index (χ1n) is 5.58. The number of hydrogen-bond acceptors (Lipinski definition) is 4. The van der Waals surface area contributed by atoms with Crippen LogP contribution in [0.5, 0.6) is 0 Å². The molecule has 16 heavy (non-hydrogen) atoms. The zero-order chi connectivity index (χ0) is 11.6. The van der Waals surface area contributed by atoms with Crippen LogP contribution in [-0.4, -0.2) is 41.0 Å². The predicted molar refractivity (Wildman–Crippen MR) is 60.8 cm³/mol. The predicted octanol–water partition coefficient (Wildman–Crippen LogP) is -0.216. The molecule has 2 N–H and O–H groups in total. The zero-order valence-electron chi connectivity index (χ0n) is 9.65. The first-order valence-corrected chi connectivity index (χ1v) is 5.58. The molecule has 1 heterocycles. The van der Waals surface area contributed by atoms with Crippen LogP contribution in [0.4, 0.5) is 0 Å². The van der Waals surface area contributed by atoms with Gasteiger partial charge in [-0.15, -0.1) is 5.10 Å². The summed E-state index contributed by atoms with van der Waals surface area (Å²) >= 11 is 0. The lowest BCUT2D eigenvalue weighted by Gasteiger charge is -2.04. The van der Waals surface area contributed by atoms with E-state index in [2.05, 4.69) is 20.9 Å². The van der Waals surface area contributed by atoms with E-state index >= 15 is 0 Å². The third kappa shape index (κ3) is 5.45. The lowest BCUT2D eigenvalue weighted by Crippen LogP contribution is -2.22. The zero-order valence-corrected chi connectivity index (χ0v) is 9.65. The number of hydrogen-bond donors (Lipinski definition) is 2. The van der Waals surface area contributed by atoms with Crippen LogP contribution in [0.2, 0.25) is 0 Å². The van der Waals surface area contributed by atoms with E-state index in [9.17, 15) is 4.79 Å². The Hall–Kier alpha value is -1.43. The summed E-state index contributed by atoms with van der Waals surface area (Å²) in [6.45, 7) is 2.70. The summed E-state index contributed by atoms with van der Waals surface area (Å²) in [5.41, 5.74) is 0. The first-order chi connectivity index (χ1) is 7.83. The SMILES string of the molecule is CNC(=O)CCCNCCCn1ccnn1. The van der Waals surface area contributed by atoms with Gasteiger partial charge >= 0.3 is 0 Å². The second-order valence-corrected chi connectivity index (χ2v) is 3.55. The maximum absolute atomic E-state index is 10.9. The Labute approximate surface area is 95.4 Å². The molecule has 0 radical (unpaired) electrons. The summed E-state index contributed by atoms with van der Waals surface area (Å²) in [4.78, 5) is 10.9. The molecule has 0 saturated carbocycles. The van der Waals surface area contributed by atoms with Crippen molar-refractivity contribution in [2.75, 3.05) is 20.1 Å². The van der Waals surface area contributed by atoms with Crippen LogP contribution in [0.1, 0.15) is 19.3 Å². The lowest BCUT2D eigenvalue weighted by molar-refractivity contribution is -0.120. The number of nitrogens with zero attached hydrogens (tertiary/aromatic N) is 3. The molecule has 0 aliphatic carbocycles. The highest BCUT2D eigenvalue weighted by Gasteiger charge is 1.96. The topological polar surface area (TPSA) is 71.8 Å². The number of carbonyl (C=O) groups excluding carboxylic acids is 1. The quantitative estimate of drug-likeness (QED) is 0.600. The van der Waals surface area contributed by atoms with E-state index in [1.54, 1.807) is 13.2 Å². The summed E-state index contributed by atoms with van der Waals surface area (Å²) in [7, 11) is 1.66. The first kappa shape index (κ1) is 12.6. The van der Waals surface area contributed by atoms with Crippen LogP contribution >= 0.6 is 0 Å². The van der Waals surface area contributed by atoms with E-state index in [-0.39, 0.29) is 5.91 Å².